The van der Waals surface area contributed by atoms with Gasteiger partial charge < -0.3 is 4.74 Å². The molecule has 0 bridgehead atoms. The lowest BCUT2D eigenvalue weighted by Crippen LogP contribution is -2.22. The number of nitro benzene ring substituents is 1. The van der Waals surface area contributed by atoms with Gasteiger partial charge >= 0.3 is 5.97 Å². The third-order valence-electron chi connectivity index (χ3n) is 2.24. The van der Waals surface area contributed by atoms with Crippen molar-refractivity contribution in [2.24, 2.45) is 5.11 Å². The molecular weight excluding hydrogens is 240 g/mol. The third-order valence-corrected chi connectivity index (χ3v) is 2.24. The fraction of sp³-hybridized carbons (Fsp3) is 0.300. The van der Waals surface area contributed by atoms with E-state index in [1.54, 1.807) is 0 Å². The van der Waals surface area contributed by atoms with Gasteiger partial charge in [-0.1, -0.05) is 17.2 Å². The van der Waals surface area contributed by atoms with Gasteiger partial charge in [0.15, 0.2) is 0 Å². The molecule has 1 rings (SSSR count). The van der Waals surface area contributed by atoms with Crippen molar-refractivity contribution < 1.29 is 14.5 Å². The molecule has 0 fully saturated rings. The molecule has 0 saturated heterocycles. The number of esters is 1. The molecule has 0 saturated carbocycles. The van der Waals surface area contributed by atoms with Gasteiger partial charge in [-0.3, -0.25) is 14.9 Å². The fourth-order valence-corrected chi connectivity index (χ4v) is 1.35. The van der Waals surface area contributed by atoms with Crippen LogP contribution in [0.3, 0.4) is 0 Å². The van der Waals surface area contributed by atoms with Crippen molar-refractivity contribution in [3.8, 4) is 0 Å². The molecule has 0 amide bonds. The van der Waals surface area contributed by atoms with Crippen LogP contribution in [-0.4, -0.2) is 24.0 Å². The molecule has 1 aromatic rings. The van der Waals surface area contributed by atoms with Crippen LogP contribution in [0.25, 0.3) is 10.4 Å². The Morgan fingerprint density at radius 3 is 2.61 bits per heavy atom. The van der Waals surface area contributed by atoms with E-state index in [0.717, 1.165) is 0 Å². The summed E-state index contributed by atoms with van der Waals surface area (Å²) in [6.45, 7) is 0. The van der Waals surface area contributed by atoms with Gasteiger partial charge in [0.1, 0.15) is 6.04 Å². The molecule has 1 aromatic carbocycles. The molecule has 0 aliphatic carbocycles. The first-order valence-corrected chi connectivity index (χ1v) is 4.94. The number of hydrogen-bond acceptors (Lipinski definition) is 5. The van der Waals surface area contributed by atoms with Gasteiger partial charge in [-0.15, -0.1) is 0 Å². The Kier molecular flexibility index (Phi) is 4.65. The van der Waals surface area contributed by atoms with Crippen LogP contribution >= 0.6 is 0 Å². The van der Waals surface area contributed by atoms with Crippen LogP contribution in [0.2, 0.25) is 0 Å². The predicted octanol–water partition coefficient (Wildman–Crippen LogP) is 1.99. The normalized spacial score (nSPS) is 11.2. The Hall–Kier alpha value is -2.60. The molecule has 0 N–H and O–H groups in total. The number of rotatable bonds is 5. The summed E-state index contributed by atoms with van der Waals surface area (Å²) in [6.07, 6.45) is 0.134. The predicted molar refractivity (Wildman–Crippen MR) is 61.8 cm³/mol. The molecule has 8 heteroatoms. The molecule has 1 unspecified atom stereocenters. The minimum atomic E-state index is -0.971. The second kappa shape index (κ2) is 6.21. The summed E-state index contributed by atoms with van der Waals surface area (Å²) >= 11 is 0. The summed E-state index contributed by atoms with van der Waals surface area (Å²) in [5.74, 6) is -0.647. The summed E-state index contributed by atoms with van der Waals surface area (Å²) in [4.78, 5) is 23.8. The van der Waals surface area contributed by atoms with Crippen molar-refractivity contribution in [2.75, 3.05) is 7.11 Å². The number of carbonyl (C=O) groups excluding carboxylic acids is 1. The van der Waals surface area contributed by atoms with E-state index in [9.17, 15) is 14.9 Å². The van der Waals surface area contributed by atoms with E-state index >= 15 is 0 Å². The Balaban J connectivity index is 2.84. The van der Waals surface area contributed by atoms with Crippen molar-refractivity contribution in [3.05, 3.63) is 50.4 Å². The highest BCUT2D eigenvalue weighted by atomic mass is 16.6. The Morgan fingerprint density at radius 2 is 2.17 bits per heavy atom. The monoisotopic (exact) mass is 250 g/mol. The fourth-order valence-electron chi connectivity index (χ4n) is 1.35. The van der Waals surface area contributed by atoms with Crippen LogP contribution in [0, 0.1) is 10.1 Å². The zero-order valence-corrected chi connectivity index (χ0v) is 9.52. The molecule has 94 valence electrons. The minimum Gasteiger partial charge on any atom is -0.469 e. The Bertz CT molecular complexity index is 493. The second-order valence-corrected chi connectivity index (χ2v) is 3.37. The van der Waals surface area contributed by atoms with Crippen LogP contribution in [0.1, 0.15) is 5.56 Å². The lowest BCUT2D eigenvalue weighted by Gasteiger charge is -2.08. The maximum atomic E-state index is 11.3. The number of methoxy groups -OCH3 is 1. The Labute approximate surface area is 102 Å². The van der Waals surface area contributed by atoms with Crippen LogP contribution in [0.5, 0.6) is 0 Å². The summed E-state index contributed by atoms with van der Waals surface area (Å²) in [7, 11) is 1.19. The lowest BCUT2D eigenvalue weighted by molar-refractivity contribution is -0.384. The number of carbonyl (C=O) groups is 1. The van der Waals surface area contributed by atoms with Gasteiger partial charge in [0.2, 0.25) is 0 Å². The van der Waals surface area contributed by atoms with Crippen LogP contribution < -0.4 is 0 Å². The first-order valence-electron chi connectivity index (χ1n) is 4.94. The minimum absolute atomic E-state index is 0.0443. The van der Waals surface area contributed by atoms with Crippen LogP contribution in [0.4, 0.5) is 5.69 Å². The first kappa shape index (κ1) is 13.5. The molecule has 18 heavy (non-hydrogen) atoms. The van der Waals surface area contributed by atoms with Gasteiger partial charge in [0.05, 0.1) is 12.0 Å². The zero-order chi connectivity index (χ0) is 13.5. The maximum Gasteiger partial charge on any atom is 0.314 e. The van der Waals surface area contributed by atoms with Gasteiger partial charge in [0.25, 0.3) is 5.69 Å². The van der Waals surface area contributed by atoms with E-state index in [1.165, 1.54) is 31.4 Å². The number of benzene rings is 1. The van der Waals surface area contributed by atoms with Gasteiger partial charge in [0, 0.05) is 17.0 Å². The highest BCUT2D eigenvalue weighted by Crippen LogP contribution is 2.14. The summed E-state index contributed by atoms with van der Waals surface area (Å²) in [5, 5.41) is 13.8. The van der Waals surface area contributed by atoms with Gasteiger partial charge in [-0.05, 0) is 17.5 Å². The van der Waals surface area contributed by atoms with Crippen molar-refractivity contribution in [1.82, 2.24) is 0 Å². The van der Waals surface area contributed by atoms with Crippen LogP contribution in [0.15, 0.2) is 29.4 Å². The van der Waals surface area contributed by atoms with Gasteiger partial charge in [-0.2, -0.15) is 0 Å². The molecule has 0 heterocycles. The van der Waals surface area contributed by atoms with Crippen molar-refractivity contribution in [1.29, 1.82) is 0 Å². The first-order chi connectivity index (χ1) is 8.58. The summed E-state index contributed by atoms with van der Waals surface area (Å²) in [6, 6.07) is 4.67. The highest BCUT2D eigenvalue weighted by molar-refractivity contribution is 5.76. The third kappa shape index (κ3) is 3.46. The van der Waals surface area contributed by atoms with Gasteiger partial charge in [-0.25, -0.2) is 0 Å². The van der Waals surface area contributed by atoms with E-state index in [0.29, 0.717) is 5.56 Å². The van der Waals surface area contributed by atoms with E-state index in [4.69, 9.17) is 5.53 Å². The van der Waals surface area contributed by atoms with Crippen molar-refractivity contribution in [2.45, 2.75) is 12.5 Å². The molecule has 8 nitrogen and oxygen atoms in total. The van der Waals surface area contributed by atoms with Crippen molar-refractivity contribution >= 4 is 11.7 Å². The Morgan fingerprint density at radius 1 is 1.56 bits per heavy atom. The summed E-state index contributed by atoms with van der Waals surface area (Å²) < 4.78 is 4.49. The molecule has 1 atom stereocenters. The standard InChI is InChI=1S/C10H10N4O4/c1-18-10(15)9(12-13-11)6-7-2-4-8(5-3-7)14(16)17/h2-5,9H,6H2,1H3. The average Bonchev–Trinajstić information content (AvgIpc) is 2.38. The molecular formula is C10H10N4O4. The smallest absolute Gasteiger partial charge is 0.314 e. The van der Waals surface area contributed by atoms with E-state index in [1.807, 2.05) is 0 Å². The van der Waals surface area contributed by atoms with E-state index < -0.39 is 16.9 Å². The number of hydrogen-bond donors (Lipinski definition) is 0. The lowest BCUT2D eigenvalue weighted by atomic mass is 10.1. The number of nitrogens with zero attached hydrogens (tertiary/aromatic N) is 4. The quantitative estimate of drug-likeness (QED) is 0.198. The second-order valence-electron chi connectivity index (χ2n) is 3.37. The van der Waals surface area contributed by atoms with E-state index in [-0.39, 0.29) is 12.1 Å². The molecule has 0 aromatic heterocycles. The zero-order valence-electron chi connectivity index (χ0n) is 9.52. The molecule has 0 spiro atoms. The maximum absolute atomic E-state index is 11.3. The average molecular weight is 250 g/mol. The van der Waals surface area contributed by atoms with Crippen LogP contribution in [-0.2, 0) is 16.0 Å². The molecule has 0 aliphatic rings. The number of azide groups is 1. The van der Waals surface area contributed by atoms with E-state index in [2.05, 4.69) is 14.8 Å². The number of ether oxygens (including phenoxy) is 1. The highest BCUT2D eigenvalue weighted by Gasteiger charge is 2.18. The SMILES string of the molecule is COC(=O)C(Cc1ccc([N+](=O)[O-])cc1)N=[N+]=[N-]. The summed E-state index contributed by atoms with van der Waals surface area (Å²) in [5.41, 5.74) is 8.93. The van der Waals surface area contributed by atoms with Crippen molar-refractivity contribution in [3.63, 3.8) is 0 Å². The largest absolute Gasteiger partial charge is 0.469 e. The molecule has 0 aliphatic heterocycles. The number of non-ortho nitro benzene ring substituents is 1. The topological polar surface area (TPSA) is 118 Å². The number of nitro groups is 1. The molecule has 0 radical (unpaired) electrons.